The van der Waals surface area contributed by atoms with E-state index in [1.165, 1.54) is 0 Å². The van der Waals surface area contributed by atoms with E-state index in [0.717, 1.165) is 55.7 Å². The van der Waals surface area contributed by atoms with Crippen LogP contribution in [0.2, 0.25) is 0 Å². The minimum atomic E-state index is 0.335. The van der Waals surface area contributed by atoms with Crippen molar-refractivity contribution in [3.63, 3.8) is 0 Å². The van der Waals surface area contributed by atoms with E-state index in [9.17, 15) is 4.79 Å². The van der Waals surface area contributed by atoms with E-state index >= 15 is 0 Å². The molecule has 0 atom stereocenters. The summed E-state index contributed by atoms with van der Waals surface area (Å²) in [6, 6.07) is 0.426. The lowest BCUT2D eigenvalue weighted by Crippen LogP contribution is -2.45. The highest BCUT2D eigenvalue weighted by atomic mass is 79.9. The van der Waals surface area contributed by atoms with Crippen molar-refractivity contribution in [1.82, 2.24) is 14.9 Å². The van der Waals surface area contributed by atoms with Crippen molar-refractivity contribution in [2.75, 3.05) is 24.5 Å². The number of rotatable bonds is 2. The first kappa shape index (κ1) is 12.8. The minimum absolute atomic E-state index is 0.335. The highest BCUT2D eigenvalue weighted by Crippen LogP contribution is 2.24. The Balaban J connectivity index is 1.60. The molecule has 0 unspecified atom stereocenters. The van der Waals surface area contributed by atoms with Crippen molar-refractivity contribution in [2.45, 2.75) is 31.7 Å². The summed E-state index contributed by atoms with van der Waals surface area (Å²) in [6.07, 6.45) is 7.35. The first-order chi connectivity index (χ1) is 9.24. The summed E-state index contributed by atoms with van der Waals surface area (Å²) in [5.74, 6) is 1.26. The molecule has 19 heavy (non-hydrogen) atoms. The van der Waals surface area contributed by atoms with E-state index in [1.807, 2.05) is 0 Å². The zero-order chi connectivity index (χ0) is 13.2. The third-order valence-electron chi connectivity index (χ3n) is 3.95. The SMILES string of the molecule is O=C1CCCN1C1CCN(c2cnc(Br)cn2)CC1. The molecule has 0 radical (unpaired) electrons. The van der Waals surface area contributed by atoms with Gasteiger partial charge in [0.05, 0.1) is 12.4 Å². The van der Waals surface area contributed by atoms with Crippen LogP contribution in [0.15, 0.2) is 17.0 Å². The van der Waals surface area contributed by atoms with Gasteiger partial charge < -0.3 is 9.80 Å². The Hall–Kier alpha value is -1.17. The zero-order valence-electron chi connectivity index (χ0n) is 10.8. The van der Waals surface area contributed by atoms with Crippen molar-refractivity contribution in [2.24, 2.45) is 0 Å². The van der Waals surface area contributed by atoms with E-state index in [4.69, 9.17) is 0 Å². The van der Waals surface area contributed by atoms with E-state index in [2.05, 4.69) is 35.7 Å². The molecule has 2 aliphatic rings. The highest BCUT2D eigenvalue weighted by Gasteiger charge is 2.30. The van der Waals surface area contributed by atoms with Gasteiger partial charge in [-0.05, 0) is 35.2 Å². The number of likely N-dealkylation sites (tertiary alicyclic amines) is 1. The fourth-order valence-corrected chi connectivity index (χ4v) is 3.14. The highest BCUT2D eigenvalue weighted by molar-refractivity contribution is 9.10. The van der Waals surface area contributed by atoms with Crippen LogP contribution < -0.4 is 4.90 Å². The predicted octanol–water partition coefficient (Wildman–Crippen LogP) is 1.83. The van der Waals surface area contributed by atoms with Gasteiger partial charge in [0.1, 0.15) is 10.4 Å². The van der Waals surface area contributed by atoms with Crippen molar-refractivity contribution < 1.29 is 4.79 Å². The Labute approximate surface area is 121 Å². The average Bonchev–Trinajstić information content (AvgIpc) is 2.86. The maximum absolute atomic E-state index is 11.7. The number of halogens is 1. The van der Waals surface area contributed by atoms with Crippen LogP contribution in [-0.4, -0.2) is 46.5 Å². The summed E-state index contributed by atoms with van der Waals surface area (Å²) in [6.45, 7) is 2.84. The zero-order valence-corrected chi connectivity index (χ0v) is 12.3. The lowest BCUT2D eigenvalue weighted by molar-refractivity contribution is -0.130. The second-order valence-electron chi connectivity index (χ2n) is 5.11. The topological polar surface area (TPSA) is 49.3 Å². The first-order valence-electron chi connectivity index (χ1n) is 6.76. The van der Waals surface area contributed by atoms with Gasteiger partial charge in [0.15, 0.2) is 0 Å². The fraction of sp³-hybridized carbons (Fsp3) is 0.615. The van der Waals surface area contributed by atoms with Gasteiger partial charge >= 0.3 is 0 Å². The molecule has 0 aromatic carbocycles. The molecule has 0 saturated carbocycles. The number of hydrogen-bond acceptors (Lipinski definition) is 4. The lowest BCUT2D eigenvalue weighted by atomic mass is 10.0. The van der Waals surface area contributed by atoms with Gasteiger partial charge in [-0.3, -0.25) is 4.79 Å². The van der Waals surface area contributed by atoms with E-state index < -0.39 is 0 Å². The predicted molar refractivity (Wildman–Crippen MR) is 75.9 cm³/mol. The van der Waals surface area contributed by atoms with Gasteiger partial charge in [0, 0.05) is 32.1 Å². The van der Waals surface area contributed by atoms with Crippen molar-refractivity contribution in [3.05, 3.63) is 17.0 Å². The van der Waals surface area contributed by atoms with E-state index in [1.54, 1.807) is 12.4 Å². The number of nitrogens with zero attached hydrogens (tertiary/aromatic N) is 4. The largest absolute Gasteiger partial charge is 0.355 e. The Kier molecular flexibility index (Phi) is 3.68. The Morgan fingerprint density at radius 3 is 2.53 bits per heavy atom. The van der Waals surface area contributed by atoms with E-state index in [0.29, 0.717) is 11.9 Å². The molecule has 0 aliphatic carbocycles. The summed E-state index contributed by atoms with van der Waals surface area (Å²) in [4.78, 5) is 24.7. The first-order valence-corrected chi connectivity index (χ1v) is 7.55. The molecular weight excluding hydrogens is 308 g/mol. The van der Waals surface area contributed by atoms with E-state index in [-0.39, 0.29) is 0 Å². The van der Waals surface area contributed by atoms with Crippen LogP contribution in [0.1, 0.15) is 25.7 Å². The quantitative estimate of drug-likeness (QED) is 0.832. The maximum Gasteiger partial charge on any atom is 0.222 e. The molecule has 102 valence electrons. The fourth-order valence-electron chi connectivity index (χ4n) is 2.93. The van der Waals surface area contributed by atoms with Gasteiger partial charge in [-0.25, -0.2) is 9.97 Å². The normalized spacial score (nSPS) is 21.2. The summed E-state index contributed by atoms with van der Waals surface area (Å²) in [7, 11) is 0. The summed E-state index contributed by atoms with van der Waals surface area (Å²) >= 11 is 3.29. The second-order valence-corrected chi connectivity index (χ2v) is 5.92. The molecule has 3 heterocycles. The molecule has 6 heteroatoms. The average molecular weight is 325 g/mol. The Morgan fingerprint density at radius 2 is 1.95 bits per heavy atom. The molecular formula is C13H17BrN4O. The molecule has 1 aromatic rings. The molecule has 2 saturated heterocycles. The van der Waals surface area contributed by atoms with Crippen LogP contribution in [0.5, 0.6) is 0 Å². The monoisotopic (exact) mass is 324 g/mol. The number of amides is 1. The minimum Gasteiger partial charge on any atom is -0.355 e. The van der Waals surface area contributed by atoms with Crippen LogP contribution in [-0.2, 0) is 4.79 Å². The molecule has 3 rings (SSSR count). The second kappa shape index (κ2) is 5.45. The van der Waals surface area contributed by atoms with Crippen LogP contribution in [0.25, 0.3) is 0 Å². The van der Waals surface area contributed by atoms with Gasteiger partial charge in [0.2, 0.25) is 5.91 Å². The van der Waals surface area contributed by atoms with Crippen LogP contribution in [0.4, 0.5) is 5.82 Å². The smallest absolute Gasteiger partial charge is 0.222 e. The summed E-state index contributed by atoms with van der Waals surface area (Å²) in [5.41, 5.74) is 0. The van der Waals surface area contributed by atoms with Crippen LogP contribution in [0.3, 0.4) is 0 Å². The molecule has 0 spiro atoms. The number of aromatic nitrogens is 2. The Morgan fingerprint density at radius 1 is 1.16 bits per heavy atom. The molecule has 0 bridgehead atoms. The number of anilines is 1. The standard InChI is InChI=1S/C13H17BrN4O/c14-11-8-16-12(9-15-11)17-6-3-10(4-7-17)18-5-1-2-13(18)19/h8-10H,1-7H2. The van der Waals surface area contributed by atoms with Crippen LogP contribution >= 0.6 is 15.9 Å². The number of hydrogen-bond donors (Lipinski definition) is 0. The van der Waals surface area contributed by atoms with Gasteiger partial charge in [0.25, 0.3) is 0 Å². The van der Waals surface area contributed by atoms with Crippen molar-refractivity contribution >= 4 is 27.7 Å². The number of carbonyl (C=O) groups excluding carboxylic acids is 1. The molecule has 2 fully saturated rings. The summed E-state index contributed by atoms with van der Waals surface area (Å²) < 4.78 is 0.758. The van der Waals surface area contributed by atoms with Gasteiger partial charge in [-0.2, -0.15) is 0 Å². The Bertz CT molecular complexity index is 456. The maximum atomic E-state index is 11.7. The molecule has 2 aliphatic heterocycles. The molecule has 0 N–H and O–H groups in total. The number of carbonyl (C=O) groups is 1. The molecule has 1 aromatic heterocycles. The van der Waals surface area contributed by atoms with Gasteiger partial charge in [-0.15, -0.1) is 0 Å². The van der Waals surface area contributed by atoms with Gasteiger partial charge in [-0.1, -0.05) is 0 Å². The lowest BCUT2D eigenvalue weighted by Gasteiger charge is -2.37. The van der Waals surface area contributed by atoms with Crippen molar-refractivity contribution in [1.29, 1.82) is 0 Å². The van der Waals surface area contributed by atoms with Crippen LogP contribution in [0, 0.1) is 0 Å². The third-order valence-corrected chi connectivity index (χ3v) is 4.36. The number of piperidine rings is 1. The molecule has 5 nitrogen and oxygen atoms in total. The molecule has 1 amide bonds. The van der Waals surface area contributed by atoms with Crippen molar-refractivity contribution in [3.8, 4) is 0 Å². The summed E-state index contributed by atoms with van der Waals surface area (Å²) in [5, 5.41) is 0. The third kappa shape index (κ3) is 2.73.